The largest absolute Gasteiger partial charge is 0.467 e. The highest BCUT2D eigenvalue weighted by Crippen LogP contribution is 2.14. The van der Waals surface area contributed by atoms with Gasteiger partial charge in [0.15, 0.2) is 0 Å². The van der Waals surface area contributed by atoms with Gasteiger partial charge in [0.2, 0.25) is 0 Å². The Labute approximate surface area is 89.3 Å². The molecule has 1 aromatic heterocycles. The van der Waals surface area contributed by atoms with Gasteiger partial charge in [-0.3, -0.25) is 0 Å². The minimum atomic E-state index is 0.265. The van der Waals surface area contributed by atoms with E-state index in [0.29, 0.717) is 19.8 Å². The summed E-state index contributed by atoms with van der Waals surface area (Å²) in [6.45, 7) is 2.49. The summed E-state index contributed by atoms with van der Waals surface area (Å²) >= 11 is 0. The molecule has 0 saturated carbocycles. The molecular weight excluding hydrogens is 194 g/mol. The van der Waals surface area contributed by atoms with Crippen LogP contribution in [0.5, 0.6) is 0 Å². The van der Waals surface area contributed by atoms with E-state index in [9.17, 15) is 0 Å². The predicted octanol–water partition coefficient (Wildman–Crippen LogP) is 1.43. The van der Waals surface area contributed by atoms with Gasteiger partial charge in [0.1, 0.15) is 12.4 Å². The van der Waals surface area contributed by atoms with E-state index in [0.717, 1.165) is 30.8 Å². The highest BCUT2D eigenvalue weighted by molar-refractivity contribution is 5.15. The van der Waals surface area contributed by atoms with Crippen LogP contribution < -0.4 is 5.73 Å². The zero-order chi connectivity index (χ0) is 10.5. The normalized spacial score (nSPS) is 21.0. The van der Waals surface area contributed by atoms with E-state index in [1.165, 1.54) is 0 Å². The van der Waals surface area contributed by atoms with Gasteiger partial charge in [0, 0.05) is 18.7 Å². The highest BCUT2D eigenvalue weighted by Gasteiger charge is 2.15. The number of furan rings is 1. The van der Waals surface area contributed by atoms with Crippen molar-refractivity contribution in [2.24, 2.45) is 5.73 Å². The molecule has 84 valence electrons. The smallest absolute Gasteiger partial charge is 0.133 e. The molecule has 2 heterocycles. The number of rotatable bonds is 5. The van der Waals surface area contributed by atoms with Crippen molar-refractivity contribution >= 4 is 0 Å². The highest BCUT2D eigenvalue weighted by atomic mass is 16.5. The Balaban J connectivity index is 1.73. The number of nitrogens with two attached hydrogens (primary N) is 1. The lowest BCUT2D eigenvalue weighted by atomic mass is 10.2. The van der Waals surface area contributed by atoms with Crippen LogP contribution in [0.15, 0.2) is 16.7 Å². The Kier molecular flexibility index (Phi) is 3.77. The zero-order valence-corrected chi connectivity index (χ0v) is 8.78. The lowest BCUT2D eigenvalue weighted by Crippen LogP contribution is -2.14. The second-order valence-electron chi connectivity index (χ2n) is 3.72. The first-order valence-electron chi connectivity index (χ1n) is 5.35. The summed E-state index contributed by atoms with van der Waals surface area (Å²) in [4.78, 5) is 0. The molecule has 2 N–H and O–H groups in total. The lowest BCUT2D eigenvalue weighted by molar-refractivity contribution is 0.00556. The molecule has 1 atom stereocenters. The van der Waals surface area contributed by atoms with Gasteiger partial charge in [0.05, 0.1) is 19.0 Å². The van der Waals surface area contributed by atoms with Crippen LogP contribution in [0.4, 0.5) is 0 Å². The minimum absolute atomic E-state index is 0.265. The van der Waals surface area contributed by atoms with Crippen LogP contribution in [0, 0.1) is 0 Å². The molecule has 1 fully saturated rings. The second-order valence-corrected chi connectivity index (χ2v) is 3.72. The fourth-order valence-electron chi connectivity index (χ4n) is 1.73. The molecule has 0 aromatic carbocycles. The molecule has 4 nitrogen and oxygen atoms in total. The summed E-state index contributed by atoms with van der Waals surface area (Å²) in [7, 11) is 0. The zero-order valence-electron chi connectivity index (χ0n) is 8.78. The standard InChI is InChI=1S/C11H17NO3/c12-6-9-3-5-15-11(9)8-13-7-10-2-1-4-14-10/h3,5,10H,1-2,4,6-8,12H2. The van der Waals surface area contributed by atoms with Crippen LogP contribution in [0.3, 0.4) is 0 Å². The summed E-state index contributed by atoms with van der Waals surface area (Å²) in [6, 6.07) is 1.88. The second kappa shape index (κ2) is 5.30. The van der Waals surface area contributed by atoms with E-state index in [-0.39, 0.29) is 6.10 Å². The molecule has 0 aliphatic carbocycles. The van der Waals surface area contributed by atoms with E-state index in [1.807, 2.05) is 6.07 Å². The third-order valence-corrected chi connectivity index (χ3v) is 2.62. The van der Waals surface area contributed by atoms with E-state index in [2.05, 4.69) is 0 Å². The molecule has 0 amide bonds. The van der Waals surface area contributed by atoms with E-state index < -0.39 is 0 Å². The molecule has 0 spiro atoms. The average molecular weight is 211 g/mol. The number of hydrogen-bond donors (Lipinski definition) is 1. The fraction of sp³-hybridized carbons (Fsp3) is 0.636. The number of hydrogen-bond acceptors (Lipinski definition) is 4. The van der Waals surface area contributed by atoms with Crippen LogP contribution >= 0.6 is 0 Å². The molecule has 4 heteroatoms. The van der Waals surface area contributed by atoms with Gasteiger partial charge in [-0.25, -0.2) is 0 Å². The summed E-state index contributed by atoms with van der Waals surface area (Å²) in [5, 5.41) is 0. The lowest BCUT2D eigenvalue weighted by Gasteiger charge is -2.09. The Morgan fingerprint density at radius 1 is 1.53 bits per heavy atom. The molecule has 1 saturated heterocycles. The van der Waals surface area contributed by atoms with Crippen molar-refractivity contribution in [1.29, 1.82) is 0 Å². The summed E-state index contributed by atoms with van der Waals surface area (Å²) in [6.07, 6.45) is 4.15. The van der Waals surface area contributed by atoms with Crippen molar-refractivity contribution in [2.75, 3.05) is 13.2 Å². The van der Waals surface area contributed by atoms with Crippen molar-refractivity contribution < 1.29 is 13.9 Å². The van der Waals surface area contributed by atoms with E-state index >= 15 is 0 Å². The minimum Gasteiger partial charge on any atom is -0.467 e. The maximum atomic E-state index is 5.55. The molecule has 1 aliphatic heterocycles. The average Bonchev–Trinajstić information content (AvgIpc) is 2.88. The molecule has 0 radical (unpaired) electrons. The van der Waals surface area contributed by atoms with Crippen molar-refractivity contribution in [3.8, 4) is 0 Å². The van der Waals surface area contributed by atoms with Crippen LogP contribution in [0.25, 0.3) is 0 Å². The molecule has 1 aromatic rings. The number of ether oxygens (including phenoxy) is 2. The maximum absolute atomic E-state index is 5.55. The van der Waals surface area contributed by atoms with Gasteiger partial charge in [-0.15, -0.1) is 0 Å². The van der Waals surface area contributed by atoms with Gasteiger partial charge in [0.25, 0.3) is 0 Å². The first-order valence-corrected chi connectivity index (χ1v) is 5.35. The summed E-state index contributed by atoms with van der Waals surface area (Å²) in [5.74, 6) is 0.829. The van der Waals surface area contributed by atoms with E-state index in [4.69, 9.17) is 19.6 Å². The van der Waals surface area contributed by atoms with Crippen LogP contribution in [-0.4, -0.2) is 19.3 Å². The molecule has 1 aliphatic rings. The third-order valence-electron chi connectivity index (χ3n) is 2.62. The Bertz CT molecular complexity index is 292. The van der Waals surface area contributed by atoms with Gasteiger partial charge < -0.3 is 19.6 Å². The van der Waals surface area contributed by atoms with Crippen molar-refractivity contribution in [1.82, 2.24) is 0 Å². The SMILES string of the molecule is NCc1ccoc1COCC1CCCO1. The molecular formula is C11H17NO3. The molecule has 0 bridgehead atoms. The van der Waals surface area contributed by atoms with Crippen LogP contribution in [-0.2, 0) is 22.6 Å². The third kappa shape index (κ3) is 2.81. The fourth-order valence-corrected chi connectivity index (χ4v) is 1.73. The van der Waals surface area contributed by atoms with Crippen molar-refractivity contribution in [3.63, 3.8) is 0 Å². The van der Waals surface area contributed by atoms with Gasteiger partial charge in [-0.05, 0) is 18.9 Å². The quantitative estimate of drug-likeness (QED) is 0.800. The summed E-state index contributed by atoms with van der Waals surface area (Å²) < 4.78 is 16.3. The Morgan fingerprint density at radius 3 is 3.20 bits per heavy atom. The first-order chi connectivity index (χ1) is 7.40. The predicted molar refractivity (Wildman–Crippen MR) is 55.2 cm³/mol. The van der Waals surface area contributed by atoms with Crippen molar-refractivity contribution in [3.05, 3.63) is 23.7 Å². The maximum Gasteiger partial charge on any atom is 0.133 e. The summed E-state index contributed by atoms with van der Waals surface area (Å²) in [5.41, 5.74) is 6.56. The van der Waals surface area contributed by atoms with Gasteiger partial charge >= 0.3 is 0 Å². The monoisotopic (exact) mass is 211 g/mol. The van der Waals surface area contributed by atoms with Crippen LogP contribution in [0.1, 0.15) is 24.2 Å². The van der Waals surface area contributed by atoms with Gasteiger partial charge in [-0.2, -0.15) is 0 Å². The first kappa shape index (κ1) is 10.7. The molecule has 15 heavy (non-hydrogen) atoms. The molecule has 2 rings (SSSR count). The van der Waals surface area contributed by atoms with Gasteiger partial charge in [-0.1, -0.05) is 0 Å². The molecule has 1 unspecified atom stereocenters. The topological polar surface area (TPSA) is 57.6 Å². The Morgan fingerprint density at radius 2 is 2.47 bits per heavy atom. The van der Waals surface area contributed by atoms with Crippen molar-refractivity contribution in [2.45, 2.75) is 32.1 Å². The van der Waals surface area contributed by atoms with Crippen LogP contribution in [0.2, 0.25) is 0 Å². The Hall–Kier alpha value is -0.840. The van der Waals surface area contributed by atoms with E-state index in [1.54, 1.807) is 6.26 Å².